The number of alkyl halides is 1. The Balaban J connectivity index is 1.78. The van der Waals surface area contributed by atoms with Gasteiger partial charge in [0.2, 0.25) is 5.91 Å². The topological polar surface area (TPSA) is 20.3 Å². The Morgan fingerprint density at radius 1 is 0.686 bits per heavy atom. The first-order valence-electron chi connectivity index (χ1n) is 12.0. The monoisotopic (exact) mass is 481 g/mol. The molecule has 4 aromatic carbocycles. The van der Waals surface area contributed by atoms with Gasteiger partial charge in [-0.3, -0.25) is 4.79 Å². The van der Waals surface area contributed by atoms with Crippen LogP contribution in [0.3, 0.4) is 0 Å². The van der Waals surface area contributed by atoms with Crippen molar-refractivity contribution in [2.45, 2.75) is 44.1 Å². The standard InChI is InChI=1S/C32H32ClNO/c1-32(2,3)28-21-19-24(20-22-28)23-34(31(35)29(33)25-13-7-4-8-14-25)30(26-15-9-5-10-16-26)27-17-11-6-12-18-27/h4-22,29-30H,23H2,1-3H3. The number of amides is 1. The Morgan fingerprint density at radius 3 is 1.54 bits per heavy atom. The first-order valence-corrected chi connectivity index (χ1v) is 12.5. The van der Waals surface area contributed by atoms with Crippen LogP contribution in [0.25, 0.3) is 0 Å². The minimum absolute atomic E-state index is 0.0686. The Hall–Kier alpha value is -3.36. The van der Waals surface area contributed by atoms with Crippen LogP contribution in [0, 0.1) is 0 Å². The lowest BCUT2D eigenvalue weighted by molar-refractivity contribution is -0.133. The molecule has 0 bridgehead atoms. The van der Waals surface area contributed by atoms with Crippen molar-refractivity contribution in [3.05, 3.63) is 143 Å². The molecule has 0 fully saturated rings. The lowest BCUT2D eigenvalue weighted by Crippen LogP contribution is -2.37. The third-order valence-electron chi connectivity index (χ3n) is 6.31. The van der Waals surface area contributed by atoms with E-state index in [-0.39, 0.29) is 17.4 Å². The second-order valence-electron chi connectivity index (χ2n) is 9.91. The SMILES string of the molecule is CC(C)(C)c1ccc(CN(C(=O)C(Cl)c2ccccc2)C(c2ccccc2)c2ccccc2)cc1. The van der Waals surface area contributed by atoms with Crippen LogP contribution < -0.4 is 0 Å². The van der Waals surface area contributed by atoms with Crippen LogP contribution in [0.5, 0.6) is 0 Å². The number of hydrogen-bond acceptors (Lipinski definition) is 1. The quantitative estimate of drug-likeness (QED) is 0.244. The Morgan fingerprint density at radius 2 is 1.11 bits per heavy atom. The summed E-state index contributed by atoms with van der Waals surface area (Å²) < 4.78 is 0. The third-order valence-corrected chi connectivity index (χ3v) is 6.75. The molecule has 3 heteroatoms. The summed E-state index contributed by atoms with van der Waals surface area (Å²) in [6.07, 6.45) is 0. The minimum atomic E-state index is -0.778. The van der Waals surface area contributed by atoms with Crippen LogP contribution >= 0.6 is 11.6 Å². The molecule has 2 nitrogen and oxygen atoms in total. The molecule has 0 saturated carbocycles. The minimum Gasteiger partial charge on any atom is -0.326 e. The maximum atomic E-state index is 14.1. The summed E-state index contributed by atoms with van der Waals surface area (Å²) in [6.45, 7) is 7.07. The van der Waals surface area contributed by atoms with E-state index in [4.69, 9.17) is 11.6 Å². The summed E-state index contributed by atoms with van der Waals surface area (Å²) in [5.74, 6) is -0.115. The fraction of sp³-hybridized carbons (Fsp3) is 0.219. The van der Waals surface area contributed by atoms with E-state index in [0.717, 1.165) is 22.3 Å². The van der Waals surface area contributed by atoms with E-state index >= 15 is 0 Å². The van der Waals surface area contributed by atoms with Crippen LogP contribution in [-0.2, 0) is 16.8 Å². The van der Waals surface area contributed by atoms with E-state index in [1.807, 2.05) is 71.6 Å². The molecule has 0 radical (unpaired) electrons. The zero-order valence-corrected chi connectivity index (χ0v) is 21.3. The molecule has 0 spiro atoms. The van der Waals surface area contributed by atoms with Crippen LogP contribution in [0.1, 0.15) is 60.0 Å². The van der Waals surface area contributed by atoms with Crippen molar-refractivity contribution in [1.82, 2.24) is 4.90 Å². The third kappa shape index (κ3) is 6.01. The van der Waals surface area contributed by atoms with E-state index in [1.54, 1.807) is 0 Å². The van der Waals surface area contributed by atoms with Crippen molar-refractivity contribution < 1.29 is 4.79 Å². The molecule has 4 rings (SSSR count). The zero-order chi connectivity index (χ0) is 24.8. The molecular formula is C32H32ClNO. The van der Waals surface area contributed by atoms with E-state index in [2.05, 4.69) is 69.3 Å². The van der Waals surface area contributed by atoms with Gasteiger partial charge in [-0.05, 0) is 33.2 Å². The molecule has 0 aliphatic carbocycles. The van der Waals surface area contributed by atoms with Gasteiger partial charge in [-0.25, -0.2) is 0 Å². The second kappa shape index (κ2) is 10.9. The van der Waals surface area contributed by atoms with Crippen molar-refractivity contribution in [2.75, 3.05) is 0 Å². The Bertz CT molecular complexity index is 1180. The van der Waals surface area contributed by atoms with Crippen molar-refractivity contribution in [3.8, 4) is 0 Å². The molecule has 1 atom stereocenters. The molecule has 178 valence electrons. The number of carbonyl (C=O) groups is 1. The van der Waals surface area contributed by atoms with E-state index < -0.39 is 5.38 Å². The molecule has 0 saturated heterocycles. The van der Waals surface area contributed by atoms with E-state index in [9.17, 15) is 4.79 Å². The highest BCUT2D eigenvalue weighted by Crippen LogP contribution is 2.35. The predicted octanol–water partition coefficient (Wildman–Crippen LogP) is 8.08. The number of benzene rings is 4. The van der Waals surface area contributed by atoms with Gasteiger partial charge < -0.3 is 4.90 Å². The summed E-state index contributed by atoms with van der Waals surface area (Å²) in [4.78, 5) is 16.0. The highest BCUT2D eigenvalue weighted by atomic mass is 35.5. The Kier molecular flexibility index (Phi) is 7.73. The average Bonchev–Trinajstić information content (AvgIpc) is 2.89. The zero-order valence-electron chi connectivity index (χ0n) is 20.6. The fourth-order valence-electron chi connectivity index (χ4n) is 4.34. The van der Waals surface area contributed by atoms with Crippen molar-refractivity contribution in [1.29, 1.82) is 0 Å². The van der Waals surface area contributed by atoms with E-state index in [1.165, 1.54) is 5.56 Å². The highest BCUT2D eigenvalue weighted by molar-refractivity contribution is 6.30. The summed E-state index contributed by atoms with van der Waals surface area (Å²) in [5, 5.41) is -0.778. The lowest BCUT2D eigenvalue weighted by Gasteiger charge is -2.34. The summed E-state index contributed by atoms with van der Waals surface area (Å²) >= 11 is 6.83. The van der Waals surface area contributed by atoms with Crippen LogP contribution in [0.2, 0.25) is 0 Å². The van der Waals surface area contributed by atoms with Gasteiger partial charge in [-0.15, -0.1) is 11.6 Å². The maximum Gasteiger partial charge on any atom is 0.246 e. The summed E-state index contributed by atoms with van der Waals surface area (Å²) in [7, 11) is 0. The molecule has 0 N–H and O–H groups in total. The van der Waals surface area contributed by atoms with Gasteiger partial charge in [0, 0.05) is 6.54 Å². The van der Waals surface area contributed by atoms with Crippen molar-refractivity contribution in [3.63, 3.8) is 0 Å². The van der Waals surface area contributed by atoms with Gasteiger partial charge in [0.25, 0.3) is 0 Å². The second-order valence-corrected chi connectivity index (χ2v) is 10.3. The summed E-state index contributed by atoms with van der Waals surface area (Å²) in [5.41, 5.74) is 5.30. The average molecular weight is 482 g/mol. The molecule has 0 heterocycles. The number of rotatable bonds is 7. The fourth-order valence-corrected chi connectivity index (χ4v) is 4.61. The summed E-state index contributed by atoms with van der Waals surface area (Å²) in [6, 6.07) is 38.2. The number of carbonyl (C=O) groups excluding carboxylic acids is 1. The number of nitrogens with zero attached hydrogens (tertiary/aromatic N) is 1. The van der Waals surface area contributed by atoms with Gasteiger partial charge >= 0.3 is 0 Å². The largest absolute Gasteiger partial charge is 0.326 e. The molecule has 1 amide bonds. The molecule has 35 heavy (non-hydrogen) atoms. The molecule has 1 unspecified atom stereocenters. The van der Waals surface area contributed by atoms with Gasteiger partial charge in [0.1, 0.15) is 5.38 Å². The van der Waals surface area contributed by atoms with Gasteiger partial charge in [-0.1, -0.05) is 136 Å². The molecule has 4 aromatic rings. The normalized spacial score (nSPS) is 12.4. The first kappa shape index (κ1) is 24.8. The number of halogens is 1. The van der Waals surface area contributed by atoms with Crippen LogP contribution in [-0.4, -0.2) is 10.8 Å². The van der Waals surface area contributed by atoms with Crippen LogP contribution in [0.15, 0.2) is 115 Å². The molecule has 0 aliphatic heterocycles. The van der Waals surface area contributed by atoms with Gasteiger partial charge in [0.05, 0.1) is 6.04 Å². The van der Waals surface area contributed by atoms with Gasteiger partial charge in [-0.2, -0.15) is 0 Å². The molecule has 0 aliphatic rings. The lowest BCUT2D eigenvalue weighted by atomic mass is 9.86. The molecule has 0 aromatic heterocycles. The Labute approximate surface area is 214 Å². The van der Waals surface area contributed by atoms with Crippen molar-refractivity contribution >= 4 is 17.5 Å². The van der Waals surface area contributed by atoms with E-state index in [0.29, 0.717) is 6.54 Å². The molecular weight excluding hydrogens is 450 g/mol. The van der Waals surface area contributed by atoms with Crippen molar-refractivity contribution in [2.24, 2.45) is 0 Å². The first-order chi connectivity index (χ1) is 16.8. The van der Waals surface area contributed by atoms with Crippen LogP contribution in [0.4, 0.5) is 0 Å². The van der Waals surface area contributed by atoms with Gasteiger partial charge in [0.15, 0.2) is 0 Å². The number of hydrogen-bond donors (Lipinski definition) is 0. The maximum absolute atomic E-state index is 14.1. The predicted molar refractivity (Wildman–Crippen MR) is 145 cm³/mol. The highest BCUT2D eigenvalue weighted by Gasteiger charge is 2.31. The smallest absolute Gasteiger partial charge is 0.246 e.